The van der Waals surface area contributed by atoms with Gasteiger partial charge >= 0.3 is 6.18 Å². The molecular weight excluding hydrogens is 303 g/mol. The molecule has 112 valence electrons. The van der Waals surface area contributed by atoms with Gasteiger partial charge in [-0.25, -0.2) is 0 Å². The van der Waals surface area contributed by atoms with Gasteiger partial charge in [-0.1, -0.05) is 29.8 Å². The zero-order valence-corrected chi connectivity index (χ0v) is 11.8. The van der Waals surface area contributed by atoms with Gasteiger partial charge in [0.15, 0.2) is 0 Å². The monoisotopic (exact) mass is 315 g/mol. The number of hydrogen-bond acceptors (Lipinski definition) is 2. The van der Waals surface area contributed by atoms with Crippen molar-refractivity contribution in [2.45, 2.75) is 19.1 Å². The van der Waals surface area contributed by atoms with E-state index in [-0.39, 0.29) is 16.5 Å². The number of benzene rings is 2. The van der Waals surface area contributed by atoms with Crippen LogP contribution in [0.15, 0.2) is 42.5 Å². The molecule has 0 aromatic heterocycles. The lowest BCUT2D eigenvalue weighted by molar-refractivity contribution is -0.137. The van der Waals surface area contributed by atoms with Gasteiger partial charge in [-0.05, 0) is 36.8 Å². The third-order valence-corrected chi connectivity index (χ3v) is 3.37. The summed E-state index contributed by atoms with van der Waals surface area (Å²) in [5.74, 6) is 0.0522. The van der Waals surface area contributed by atoms with Crippen LogP contribution in [0.4, 0.5) is 18.9 Å². The van der Waals surface area contributed by atoms with E-state index in [1.807, 2.05) is 0 Å². The first-order valence-electron chi connectivity index (χ1n) is 6.20. The van der Waals surface area contributed by atoms with Gasteiger partial charge in [0.05, 0.1) is 16.3 Å². The molecule has 6 heteroatoms. The molecule has 0 aliphatic rings. The van der Waals surface area contributed by atoms with E-state index in [1.165, 1.54) is 24.3 Å². The molecule has 0 saturated heterocycles. The molecule has 2 rings (SSSR count). The first-order chi connectivity index (χ1) is 9.79. The molecule has 21 heavy (non-hydrogen) atoms. The van der Waals surface area contributed by atoms with E-state index in [0.29, 0.717) is 5.56 Å². The SMILES string of the molecule is CC(Nc1c(Cl)cccc1C(F)(F)F)c1cccc(O)c1. The Labute approximate surface area is 125 Å². The summed E-state index contributed by atoms with van der Waals surface area (Å²) in [7, 11) is 0. The summed E-state index contributed by atoms with van der Waals surface area (Å²) in [5, 5.41) is 12.2. The summed E-state index contributed by atoms with van der Waals surface area (Å²) in [6.45, 7) is 1.69. The van der Waals surface area contributed by atoms with Crippen molar-refractivity contribution in [1.82, 2.24) is 0 Å². The fraction of sp³-hybridized carbons (Fsp3) is 0.200. The number of anilines is 1. The molecule has 0 heterocycles. The van der Waals surface area contributed by atoms with E-state index >= 15 is 0 Å². The number of nitrogens with one attached hydrogen (secondary N) is 1. The lowest BCUT2D eigenvalue weighted by atomic mass is 10.1. The Bertz CT molecular complexity index is 643. The molecule has 0 spiro atoms. The largest absolute Gasteiger partial charge is 0.508 e. The van der Waals surface area contributed by atoms with Crippen LogP contribution in [0, 0.1) is 0 Å². The molecule has 1 unspecified atom stereocenters. The highest BCUT2D eigenvalue weighted by molar-refractivity contribution is 6.33. The Morgan fingerprint density at radius 1 is 1.14 bits per heavy atom. The molecule has 2 aromatic rings. The minimum atomic E-state index is -4.49. The lowest BCUT2D eigenvalue weighted by Gasteiger charge is -2.21. The number of para-hydroxylation sites is 1. The van der Waals surface area contributed by atoms with E-state index in [4.69, 9.17) is 11.6 Å². The van der Waals surface area contributed by atoms with Crippen molar-refractivity contribution in [3.8, 4) is 5.75 Å². The van der Waals surface area contributed by atoms with Crippen LogP contribution < -0.4 is 5.32 Å². The van der Waals surface area contributed by atoms with E-state index in [2.05, 4.69) is 5.32 Å². The van der Waals surface area contributed by atoms with Crippen LogP contribution in [0.1, 0.15) is 24.1 Å². The van der Waals surface area contributed by atoms with Gasteiger partial charge in [-0.2, -0.15) is 13.2 Å². The zero-order valence-electron chi connectivity index (χ0n) is 11.1. The van der Waals surface area contributed by atoms with Crippen molar-refractivity contribution in [3.05, 3.63) is 58.6 Å². The highest BCUT2D eigenvalue weighted by atomic mass is 35.5. The maximum Gasteiger partial charge on any atom is 0.418 e. The van der Waals surface area contributed by atoms with Crippen molar-refractivity contribution in [2.75, 3.05) is 5.32 Å². The number of halogens is 4. The maximum absolute atomic E-state index is 13.0. The number of aromatic hydroxyl groups is 1. The summed E-state index contributed by atoms with van der Waals surface area (Å²) in [5.41, 5.74) is -0.326. The van der Waals surface area contributed by atoms with Crippen LogP contribution in [0.5, 0.6) is 5.75 Å². The molecule has 0 bridgehead atoms. The number of phenolic OH excluding ortho intramolecular Hbond substituents is 1. The second-order valence-corrected chi connectivity index (χ2v) is 5.03. The standard InChI is InChI=1S/C15H13ClF3NO/c1-9(10-4-2-5-11(21)8-10)20-14-12(15(17,18)19)6-3-7-13(14)16/h2-9,20-21H,1H3. The minimum Gasteiger partial charge on any atom is -0.508 e. The summed E-state index contributed by atoms with van der Waals surface area (Å²) in [6.07, 6.45) is -4.49. The van der Waals surface area contributed by atoms with Gasteiger partial charge in [0.1, 0.15) is 5.75 Å². The number of phenols is 1. The van der Waals surface area contributed by atoms with Gasteiger partial charge in [0.2, 0.25) is 0 Å². The number of rotatable bonds is 3. The summed E-state index contributed by atoms with van der Waals surface area (Å²) < 4.78 is 39.0. The van der Waals surface area contributed by atoms with E-state index < -0.39 is 17.8 Å². The lowest BCUT2D eigenvalue weighted by Crippen LogP contribution is -2.14. The quantitative estimate of drug-likeness (QED) is 0.812. The third kappa shape index (κ3) is 3.61. The van der Waals surface area contributed by atoms with E-state index in [1.54, 1.807) is 19.1 Å². The Morgan fingerprint density at radius 3 is 2.43 bits per heavy atom. The van der Waals surface area contributed by atoms with Crippen molar-refractivity contribution < 1.29 is 18.3 Å². The van der Waals surface area contributed by atoms with Crippen molar-refractivity contribution in [3.63, 3.8) is 0 Å². The molecule has 2 nitrogen and oxygen atoms in total. The number of alkyl halides is 3. The summed E-state index contributed by atoms with van der Waals surface area (Å²) >= 11 is 5.89. The average molecular weight is 316 g/mol. The molecular formula is C15H13ClF3NO. The Balaban J connectivity index is 2.35. The van der Waals surface area contributed by atoms with Crippen LogP contribution >= 0.6 is 11.6 Å². The first-order valence-corrected chi connectivity index (χ1v) is 6.58. The highest BCUT2D eigenvalue weighted by Crippen LogP contribution is 2.40. The predicted molar refractivity (Wildman–Crippen MR) is 76.6 cm³/mol. The van der Waals surface area contributed by atoms with E-state index in [9.17, 15) is 18.3 Å². The molecule has 0 fully saturated rings. The van der Waals surface area contributed by atoms with Crippen LogP contribution in [0.3, 0.4) is 0 Å². The first kappa shape index (κ1) is 15.5. The van der Waals surface area contributed by atoms with Gasteiger partial charge in [-0.3, -0.25) is 0 Å². The van der Waals surface area contributed by atoms with E-state index in [0.717, 1.165) is 6.07 Å². The maximum atomic E-state index is 13.0. The van der Waals surface area contributed by atoms with Crippen LogP contribution in [0.2, 0.25) is 5.02 Å². The third-order valence-electron chi connectivity index (χ3n) is 3.05. The molecule has 2 aromatic carbocycles. The molecule has 1 atom stereocenters. The second-order valence-electron chi connectivity index (χ2n) is 4.62. The molecule has 0 radical (unpaired) electrons. The molecule has 0 saturated carbocycles. The van der Waals surface area contributed by atoms with Gasteiger partial charge in [0.25, 0.3) is 0 Å². The van der Waals surface area contributed by atoms with Gasteiger partial charge < -0.3 is 10.4 Å². The van der Waals surface area contributed by atoms with Crippen LogP contribution in [0.25, 0.3) is 0 Å². The van der Waals surface area contributed by atoms with Crippen molar-refractivity contribution in [2.24, 2.45) is 0 Å². The summed E-state index contributed by atoms with van der Waals surface area (Å²) in [6, 6.07) is 9.50. The Morgan fingerprint density at radius 2 is 1.81 bits per heavy atom. The Hall–Kier alpha value is -1.88. The predicted octanol–water partition coefficient (Wildman–Crippen LogP) is 5.24. The number of hydrogen-bond donors (Lipinski definition) is 2. The molecule has 0 amide bonds. The molecule has 0 aliphatic carbocycles. The zero-order chi connectivity index (χ0) is 15.6. The van der Waals surface area contributed by atoms with Crippen molar-refractivity contribution in [1.29, 1.82) is 0 Å². The minimum absolute atomic E-state index is 0.00294. The van der Waals surface area contributed by atoms with Crippen LogP contribution in [-0.4, -0.2) is 5.11 Å². The highest BCUT2D eigenvalue weighted by Gasteiger charge is 2.34. The topological polar surface area (TPSA) is 32.3 Å². The molecule has 2 N–H and O–H groups in total. The normalized spacial score (nSPS) is 13.0. The van der Waals surface area contributed by atoms with Crippen LogP contribution in [-0.2, 0) is 6.18 Å². The van der Waals surface area contributed by atoms with Gasteiger partial charge in [0, 0.05) is 6.04 Å². The average Bonchev–Trinajstić information content (AvgIpc) is 2.39. The summed E-state index contributed by atoms with van der Waals surface area (Å²) in [4.78, 5) is 0. The second kappa shape index (κ2) is 5.85. The molecule has 0 aliphatic heterocycles. The van der Waals surface area contributed by atoms with Gasteiger partial charge in [-0.15, -0.1) is 0 Å². The smallest absolute Gasteiger partial charge is 0.418 e. The van der Waals surface area contributed by atoms with Crippen molar-refractivity contribution >= 4 is 17.3 Å². The fourth-order valence-electron chi connectivity index (χ4n) is 2.00. The Kier molecular flexibility index (Phi) is 4.32. The fourth-order valence-corrected chi connectivity index (χ4v) is 2.23.